The zero-order valence-electron chi connectivity index (χ0n) is 14.8. The standard InChI is InChI=1S/C19H24FN5O/c20-18-15(14-26)4-3-5-17(18)24-10-8-23(9-11-24)16-12-21-19(22-13-16)25-6-1-2-7-25/h3-5,12-13,26H,1-2,6-11,14H2. The second-order valence-electron chi connectivity index (χ2n) is 6.82. The SMILES string of the molecule is OCc1cccc(N2CCN(c3cnc(N4CCCC4)nc3)CC2)c1F. The van der Waals surface area contributed by atoms with E-state index in [1.54, 1.807) is 18.2 Å². The number of aliphatic hydroxyl groups excluding tert-OH is 1. The minimum atomic E-state index is -0.318. The molecule has 0 aliphatic carbocycles. The Labute approximate surface area is 152 Å². The summed E-state index contributed by atoms with van der Waals surface area (Å²) in [6.45, 7) is 4.82. The van der Waals surface area contributed by atoms with Crippen molar-refractivity contribution in [2.75, 3.05) is 54.0 Å². The number of hydrogen-bond acceptors (Lipinski definition) is 6. The summed E-state index contributed by atoms with van der Waals surface area (Å²) in [7, 11) is 0. The number of nitrogens with zero attached hydrogens (tertiary/aromatic N) is 5. The van der Waals surface area contributed by atoms with E-state index >= 15 is 0 Å². The molecule has 4 rings (SSSR count). The van der Waals surface area contributed by atoms with Crippen molar-refractivity contribution in [2.45, 2.75) is 19.4 Å². The molecule has 2 aliphatic rings. The molecular formula is C19H24FN5O. The van der Waals surface area contributed by atoms with E-state index in [1.165, 1.54) is 12.8 Å². The van der Waals surface area contributed by atoms with Crippen LogP contribution in [0.2, 0.25) is 0 Å². The number of aliphatic hydroxyl groups is 1. The minimum absolute atomic E-state index is 0.277. The number of hydrogen-bond donors (Lipinski definition) is 1. The topological polar surface area (TPSA) is 55.7 Å². The average molecular weight is 357 g/mol. The first kappa shape index (κ1) is 17.0. The highest BCUT2D eigenvalue weighted by Crippen LogP contribution is 2.25. The molecule has 0 amide bonds. The second-order valence-corrected chi connectivity index (χ2v) is 6.82. The van der Waals surface area contributed by atoms with Crippen molar-refractivity contribution < 1.29 is 9.50 Å². The molecule has 1 aromatic heterocycles. The molecule has 1 N–H and O–H groups in total. The third-order valence-electron chi connectivity index (χ3n) is 5.23. The first-order valence-electron chi connectivity index (χ1n) is 9.21. The lowest BCUT2D eigenvalue weighted by Crippen LogP contribution is -2.47. The van der Waals surface area contributed by atoms with Gasteiger partial charge in [0.15, 0.2) is 5.82 Å². The molecule has 2 saturated heterocycles. The maximum absolute atomic E-state index is 14.4. The molecule has 0 unspecified atom stereocenters. The zero-order chi connectivity index (χ0) is 17.9. The van der Waals surface area contributed by atoms with Crippen LogP contribution in [0.25, 0.3) is 0 Å². The van der Waals surface area contributed by atoms with Gasteiger partial charge in [0.2, 0.25) is 5.95 Å². The Hall–Kier alpha value is -2.41. The first-order chi connectivity index (χ1) is 12.8. The summed E-state index contributed by atoms with van der Waals surface area (Å²) in [5.41, 5.74) is 1.92. The Bertz CT molecular complexity index is 740. The van der Waals surface area contributed by atoms with Crippen LogP contribution in [-0.2, 0) is 6.61 Å². The molecule has 7 heteroatoms. The van der Waals surface area contributed by atoms with Crippen molar-refractivity contribution in [3.8, 4) is 0 Å². The fourth-order valence-electron chi connectivity index (χ4n) is 3.70. The van der Waals surface area contributed by atoms with Crippen LogP contribution in [0.4, 0.5) is 21.7 Å². The van der Waals surface area contributed by atoms with Gasteiger partial charge in [0.1, 0.15) is 0 Å². The van der Waals surface area contributed by atoms with Crippen LogP contribution < -0.4 is 14.7 Å². The third kappa shape index (κ3) is 3.31. The van der Waals surface area contributed by atoms with Crippen LogP contribution >= 0.6 is 0 Å². The van der Waals surface area contributed by atoms with Crippen LogP contribution in [-0.4, -0.2) is 54.3 Å². The molecule has 2 aromatic rings. The Morgan fingerprint density at radius 3 is 2.19 bits per heavy atom. The van der Waals surface area contributed by atoms with Gasteiger partial charge in [0, 0.05) is 44.8 Å². The summed E-state index contributed by atoms with van der Waals surface area (Å²) in [6, 6.07) is 5.19. The van der Waals surface area contributed by atoms with Crippen LogP contribution in [0.1, 0.15) is 18.4 Å². The molecule has 0 spiro atoms. The lowest BCUT2D eigenvalue weighted by Gasteiger charge is -2.37. The molecule has 0 atom stereocenters. The van der Waals surface area contributed by atoms with Gasteiger partial charge in [-0.25, -0.2) is 14.4 Å². The van der Waals surface area contributed by atoms with Crippen molar-refractivity contribution in [2.24, 2.45) is 0 Å². The van der Waals surface area contributed by atoms with Gasteiger partial charge in [-0.3, -0.25) is 0 Å². The Balaban J connectivity index is 1.40. The van der Waals surface area contributed by atoms with E-state index in [4.69, 9.17) is 0 Å². The highest BCUT2D eigenvalue weighted by atomic mass is 19.1. The molecule has 6 nitrogen and oxygen atoms in total. The largest absolute Gasteiger partial charge is 0.392 e. The molecule has 26 heavy (non-hydrogen) atoms. The molecular weight excluding hydrogens is 333 g/mol. The number of halogens is 1. The van der Waals surface area contributed by atoms with E-state index in [-0.39, 0.29) is 12.4 Å². The number of piperazine rings is 1. The molecule has 0 bridgehead atoms. The van der Waals surface area contributed by atoms with Gasteiger partial charge in [-0.2, -0.15) is 0 Å². The van der Waals surface area contributed by atoms with E-state index in [0.717, 1.165) is 50.9 Å². The molecule has 138 valence electrons. The van der Waals surface area contributed by atoms with Crippen LogP contribution in [0, 0.1) is 5.82 Å². The Morgan fingerprint density at radius 1 is 0.885 bits per heavy atom. The highest BCUT2D eigenvalue weighted by Gasteiger charge is 2.22. The van der Waals surface area contributed by atoms with Crippen LogP contribution in [0.3, 0.4) is 0 Å². The number of benzene rings is 1. The highest BCUT2D eigenvalue weighted by molar-refractivity contribution is 5.53. The fraction of sp³-hybridized carbons (Fsp3) is 0.474. The Kier molecular flexibility index (Phi) is 4.88. The molecule has 0 saturated carbocycles. The van der Waals surface area contributed by atoms with Crippen molar-refractivity contribution in [1.29, 1.82) is 0 Å². The average Bonchev–Trinajstić information content (AvgIpc) is 3.23. The monoisotopic (exact) mass is 357 g/mol. The van der Waals surface area contributed by atoms with Crippen molar-refractivity contribution in [3.05, 3.63) is 42.0 Å². The van der Waals surface area contributed by atoms with Gasteiger partial charge in [0.05, 0.1) is 30.4 Å². The van der Waals surface area contributed by atoms with E-state index in [1.807, 2.05) is 17.3 Å². The molecule has 2 fully saturated rings. The summed E-state index contributed by atoms with van der Waals surface area (Å²) in [6.07, 6.45) is 6.20. The minimum Gasteiger partial charge on any atom is -0.392 e. The van der Waals surface area contributed by atoms with Gasteiger partial charge in [-0.1, -0.05) is 12.1 Å². The summed E-state index contributed by atoms with van der Waals surface area (Å²) in [5, 5.41) is 9.25. The maximum Gasteiger partial charge on any atom is 0.225 e. The lowest BCUT2D eigenvalue weighted by molar-refractivity contribution is 0.276. The summed E-state index contributed by atoms with van der Waals surface area (Å²) in [4.78, 5) is 15.5. The summed E-state index contributed by atoms with van der Waals surface area (Å²) < 4.78 is 14.4. The van der Waals surface area contributed by atoms with Crippen LogP contribution in [0.15, 0.2) is 30.6 Å². The van der Waals surface area contributed by atoms with Gasteiger partial charge in [-0.05, 0) is 18.9 Å². The third-order valence-corrected chi connectivity index (χ3v) is 5.23. The summed E-state index contributed by atoms with van der Waals surface area (Å²) >= 11 is 0. The number of aromatic nitrogens is 2. The summed E-state index contributed by atoms with van der Waals surface area (Å²) in [5.74, 6) is 0.495. The number of rotatable bonds is 4. The van der Waals surface area contributed by atoms with E-state index in [2.05, 4.69) is 19.8 Å². The van der Waals surface area contributed by atoms with Gasteiger partial charge in [-0.15, -0.1) is 0 Å². The van der Waals surface area contributed by atoms with Gasteiger partial charge < -0.3 is 19.8 Å². The fourth-order valence-corrected chi connectivity index (χ4v) is 3.70. The molecule has 3 heterocycles. The van der Waals surface area contributed by atoms with Gasteiger partial charge in [0.25, 0.3) is 0 Å². The predicted molar refractivity (Wildman–Crippen MR) is 100 cm³/mol. The smallest absolute Gasteiger partial charge is 0.225 e. The molecule has 0 radical (unpaired) electrons. The Morgan fingerprint density at radius 2 is 1.54 bits per heavy atom. The second kappa shape index (κ2) is 7.45. The number of anilines is 3. The van der Waals surface area contributed by atoms with Crippen molar-refractivity contribution in [3.63, 3.8) is 0 Å². The first-order valence-corrected chi connectivity index (χ1v) is 9.21. The van der Waals surface area contributed by atoms with E-state index in [9.17, 15) is 9.50 Å². The maximum atomic E-state index is 14.4. The quantitative estimate of drug-likeness (QED) is 0.904. The van der Waals surface area contributed by atoms with Crippen LogP contribution in [0.5, 0.6) is 0 Å². The van der Waals surface area contributed by atoms with Crippen molar-refractivity contribution >= 4 is 17.3 Å². The molecule has 1 aromatic carbocycles. The normalized spacial score (nSPS) is 17.8. The van der Waals surface area contributed by atoms with E-state index < -0.39 is 0 Å². The lowest BCUT2D eigenvalue weighted by atomic mass is 10.1. The zero-order valence-corrected chi connectivity index (χ0v) is 14.8. The molecule has 2 aliphatic heterocycles. The predicted octanol–water partition coefficient (Wildman–Crippen LogP) is 2.03. The van der Waals surface area contributed by atoms with Crippen molar-refractivity contribution in [1.82, 2.24) is 9.97 Å². The van der Waals surface area contributed by atoms with Gasteiger partial charge >= 0.3 is 0 Å². The van der Waals surface area contributed by atoms with E-state index in [0.29, 0.717) is 11.3 Å².